The second-order valence-corrected chi connectivity index (χ2v) is 4.55. The maximum absolute atomic E-state index is 13.5. The predicted molar refractivity (Wildman–Crippen MR) is 82.1 cm³/mol. The first-order chi connectivity index (χ1) is 10.1. The van der Waals surface area contributed by atoms with Gasteiger partial charge < -0.3 is 20.2 Å². The average molecular weight is 329 g/mol. The molecule has 120 valence electrons. The normalized spacial score (nSPS) is 10.1. The Morgan fingerprint density at radius 3 is 2.82 bits per heavy atom. The number of benzene rings is 1. The second-order valence-electron chi connectivity index (χ2n) is 4.55. The molecule has 7 heteroatoms. The van der Waals surface area contributed by atoms with Crippen LogP contribution < -0.4 is 11.1 Å². The Morgan fingerprint density at radius 2 is 2.18 bits per heavy atom. The van der Waals surface area contributed by atoms with Crippen LogP contribution in [0.2, 0.25) is 0 Å². The number of nitrogens with one attached hydrogen (secondary N) is 1. The van der Waals surface area contributed by atoms with Gasteiger partial charge >= 0.3 is 0 Å². The molecule has 0 saturated carbocycles. The van der Waals surface area contributed by atoms with E-state index in [0.29, 0.717) is 23.4 Å². The monoisotopic (exact) mass is 328 g/mol. The van der Waals surface area contributed by atoms with E-state index in [-0.39, 0.29) is 37.3 Å². The maximum Gasteiger partial charge on any atom is 0.254 e. The number of nitrogens with two attached hydrogens (primary N) is 1. The van der Waals surface area contributed by atoms with Gasteiger partial charge in [-0.25, -0.2) is 4.39 Å². The first kappa shape index (κ1) is 18.2. The van der Waals surface area contributed by atoms with E-state index in [9.17, 15) is 9.18 Å². The molecule has 5 nitrogen and oxygen atoms in total. The minimum Gasteiger partial charge on any atom is -0.467 e. The van der Waals surface area contributed by atoms with Gasteiger partial charge in [0, 0.05) is 19.2 Å². The van der Waals surface area contributed by atoms with Crippen LogP contribution in [-0.2, 0) is 24.4 Å². The smallest absolute Gasteiger partial charge is 0.254 e. The first-order valence-corrected chi connectivity index (χ1v) is 6.46. The van der Waals surface area contributed by atoms with Gasteiger partial charge in [0.2, 0.25) is 0 Å². The van der Waals surface area contributed by atoms with Crippen LogP contribution in [0.15, 0.2) is 34.9 Å². The summed E-state index contributed by atoms with van der Waals surface area (Å²) in [6.45, 7) is 0.722. The van der Waals surface area contributed by atoms with Crippen molar-refractivity contribution in [1.82, 2.24) is 5.32 Å². The number of ether oxygens (including phenoxy) is 1. The van der Waals surface area contributed by atoms with Crippen molar-refractivity contribution in [2.75, 3.05) is 7.11 Å². The summed E-state index contributed by atoms with van der Waals surface area (Å²) in [5, 5.41) is 2.74. The van der Waals surface area contributed by atoms with Crippen molar-refractivity contribution in [3.05, 3.63) is 58.8 Å². The molecule has 0 atom stereocenters. The maximum atomic E-state index is 13.5. The van der Waals surface area contributed by atoms with Crippen LogP contribution in [0.1, 0.15) is 27.2 Å². The van der Waals surface area contributed by atoms with Crippen LogP contribution in [0.4, 0.5) is 4.39 Å². The number of carbonyl (C=O) groups excluding carboxylic acids is 1. The molecule has 0 aliphatic rings. The van der Waals surface area contributed by atoms with Crippen molar-refractivity contribution in [3.63, 3.8) is 0 Å². The van der Waals surface area contributed by atoms with Gasteiger partial charge in [0.05, 0.1) is 18.7 Å². The zero-order valence-corrected chi connectivity index (χ0v) is 12.9. The lowest BCUT2D eigenvalue weighted by Crippen LogP contribution is -2.22. The number of furan rings is 1. The van der Waals surface area contributed by atoms with Crippen molar-refractivity contribution < 1.29 is 18.3 Å². The zero-order chi connectivity index (χ0) is 15.2. The fraction of sp³-hybridized carbons (Fsp3) is 0.267. The van der Waals surface area contributed by atoms with E-state index < -0.39 is 0 Å². The summed E-state index contributed by atoms with van der Waals surface area (Å²) < 4.78 is 23.5. The van der Waals surface area contributed by atoms with Crippen LogP contribution in [0.25, 0.3) is 0 Å². The molecule has 0 bridgehead atoms. The Balaban J connectivity index is 0.00000242. The average Bonchev–Trinajstić information content (AvgIpc) is 2.97. The highest BCUT2D eigenvalue weighted by molar-refractivity contribution is 5.93. The van der Waals surface area contributed by atoms with Crippen molar-refractivity contribution >= 4 is 18.3 Å². The van der Waals surface area contributed by atoms with Gasteiger partial charge in [0.15, 0.2) is 0 Å². The molecule has 0 unspecified atom stereocenters. The van der Waals surface area contributed by atoms with Gasteiger partial charge in [-0.3, -0.25) is 4.79 Å². The van der Waals surface area contributed by atoms with Crippen LogP contribution in [-0.4, -0.2) is 13.0 Å². The fourth-order valence-electron chi connectivity index (χ4n) is 1.90. The second kappa shape index (κ2) is 8.53. The molecule has 0 aliphatic carbocycles. The molecule has 1 heterocycles. The lowest BCUT2D eigenvalue weighted by atomic mass is 10.1. The molecule has 0 spiro atoms. The third-order valence-electron chi connectivity index (χ3n) is 2.98. The Bertz CT molecular complexity index is 631. The number of amides is 1. The summed E-state index contributed by atoms with van der Waals surface area (Å²) >= 11 is 0. The molecule has 1 aromatic carbocycles. The van der Waals surface area contributed by atoms with Gasteiger partial charge in [-0.1, -0.05) is 6.07 Å². The lowest BCUT2D eigenvalue weighted by molar-refractivity contribution is 0.0950. The van der Waals surface area contributed by atoms with E-state index in [0.717, 1.165) is 5.56 Å². The van der Waals surface area contributed by atoms with E-state index in [4.69, 9.17) is 14.9 Å². The molecule has 0 saturated heterocycles. The van der Waals surface area contributed by atoms with Crippen LogP contribution in [0.3, 0.4) is 0 Å². The van der Waals surface area contributed by atoms with Crippen molar-refractivity contribution in [2.45, 2.75) is 19.7 Å². The summed E-state index contributed by atoms with van der Waals surface area (Å²) in [6, 6.07) is 6.24. The third-order valence-corrected chi connectivity index (χ3v) is 2.98. The Labute approximate surface area is 134 Å². The van der Waals surface area contributed by atoms with Crippen molar-refractivity contribution in [1.29, 1.82) is 0 Å². The van der Waals surface area contributed by atoms with Crippen LogP contribution in [0.5, 0.6) is 0 Å². The topological polar surface area (TPSA) is 77.5 Å². The molecule has 2 aromatic rings. The number of hydrogen-bond acceptors (Lipinski definition) is 4. The molecular weight excluding hydrogens is 311 g/mol. The van der Waals surface area contributed by atoms with Gasteiger partial charge in [0.25, 0.3) is 5.91 Å². The Hall–Kier alpha value is -1.89. The van der Waals surface area contributed by atoms with Crippen LogP contribution >= 0.6 is 12.4 Å². The van der Waals surface area contributed by atoms with Gasteiger partial charge in [-0.05, 0) is 23.8 Å². The highest BCUT2D eigenvalue weighted by Gasteiger charge is 2.10. The number of rotatable bonds is 6. The molecular formula is C15H18ClFN2O3. The Morgan fingerprint density at radius 1 is 1.41 bits per heavy atom. The Kier molecular flexibility index (Phi) is 7.04. The molecule has 22 heavy (non-hydrogen) atoms. The molecule has 0 aliphatic heterocycles. The minimum atomic E-state index is -0.325. The van der Waals surface area contributed by atoms with E-state index in [1.807, 2.05) is 0 Å². The summed E-state index contributed by atoms with van der Waals surface area (Å²) in [5.74, 6) is -0.0465. The van der Waals surface area contributed by atoms with Crippen molar-refractivity contribution in [2.24, 2.45) is 5.73 Å². The number of hydrogen-bond donors (Lipinski definition) is 2. The number of carbonyl (C=O) groups is 1. The van der Waals surface area contributed by atoms with E-state index in [1.165, 1.54) is 19.4 Å². The quantitative estimate of drug-likeness (QED) is 0.853. The summed E-state index contributed by atoms with van der Waals surface area (Å²) in [4.78, 5) is 11.9. The van der Waals surface area contributed by atoms with E-state index in [2.05, 4.69) is 5.32 Å². The first-order valence-electron chi connectivity index (χ1n) is 6.46. The third kappa shape index (κ3) is 4.56. The minimum absolute atomic E-state index is 0. The number of halogens is 2. The molecule has 0 radical (unpaired) electrons. The standard InChI is InChI=1S/C15H17FN2O3.ClH/c1-20-8-11-4-10(2-3-14(11)16)7-18-15(19)12-5-13(6-17)21-9-12;/h2-5,9H,6-8,17H2,1H3,(H,18,19);1H. The SMILES string of the molecule is COCc1cc(CNC(=O)c2coc(CN)c2)ccc1F.Cl. The number of methoxy groups -OCH3 is 1. The zero-order valence-electron chi connectivity index (χ0n) is 12.1. The fourth-order valence-corrected chi connectivity index (χ4v) is 1.90. The summed E-state index contributed by atoms with van der Waals surface area (Å²) in [6.07, 6.45) is 1.36. The molecule has 2 rings (SSSR count). The van der Waals surface area contributed by atoms with Gasteiger partial charge in [-0.15, -0.1) is 12.4 Å². The molecule has 1 aromatic heterocycles. The highest BCUT2D eigenvalue weighted by Crippen LogP contribution is 2.12. The molecule has 0 fully saturated rings. The van der Waals surface area contributed by atoms with E-state index >= 15 is 0 Å². The van der Waals surface area contributed by atoms with Crippen molar-refractivity contribution in [3.8, 4) is 0 Å². The lowest BCUT2D eigenvalue weighted by Gasteiger charge is -2.07. The van der Waals surface area contributed by atoms with Gasteiger partial charge in [0.1, 0.15) is 17.8 Å². The largest absolute Gasteiger partial charge is 0.467 e. The highest BCUT2D eigenvalue weighted by atomic mass is 35.5. The predicted octanol–water partition coefficient (Wildman–Crippen LogP) is 2.38. The molecule has 3 N–H and O–H groups in total. The van der Waals surface area contributed by atoms with E-state index in [1.54, 1.807) is 18.2 Å². The van der Waals surface area contributed by atoms with Gasteiger partial charge in [-0.2, -0.15) is 0 Å². The summed E-state index contributed by atoms with van der Waals surface area (Å²) in [5.41, 5.74) is 7.07. The molecule has 1 amide bonds. The van der Waals surface area contributed by atoms with Crippen LogP contribution in [0, 0.1) is 5.82 Å². The summed E-state index contributed by atoms with van der Waals surface area (Å²) in [7, 11) is 1.50.